The molecular formula is C13H11F3N2O. The van der Waals surface area contributed by atoms with E-state index in [1.165, 1.54) is 18.4 Å². The summed E-state index contributed by atoms with van der Waals surface area (Å²) in [6.07, 6.45) is -2.83. The Hall–Kier alpha value is -1.82. The number of alkyl halides is 3. The summed E-state index contributed by atoms with van der Waals surface area (Å²) in [5, 5.41) is 3.11. The molecule has 0 radical (unpaired) electrons. The third-order valence-electron chi connectivity index (χ3n) is 3.16. The van der Waals surface area contributed by atoms with E-state index in [-0.39, 0.29) is 5.92 Å². The molecule has 0 saturated carbocycles. The highest BCUT2D eigenvalue weighted by molar-refractivity contribution is 5.58. The number of oxazole rings is 1. The van der Waals surface area contributed by atoms with Crippen LogP contribution in [0, 0.1) is 0 Å². The molecule has 2 aromatic rings. The lowest BCUT2D eigenvalue weighted by molar-refractivity contribution is -0.137. The van der Waals surface area contributed by atoms with Crippen molar-refractivity contribution in [2.24, 2.45) is 0 Å². The van der Waals surface area contributed by atoms with Crippen LogP contribution in [-0.2, 0) is 6.18 Å². The van der Waals surface area contributed by atoms with E-state index >= 15 is 0 Å². The van der Waals surface area contributed by atoms with Crippen molar-refractivity contribution in [2.75, 3.05) is 13.1 Å². The van der Waals surface area contributed by atoms with Gasteiger partial charge in [0.15, 0.2) is 5.89 Å². The van der Waals surface area contributed by atoms with Gasteiger partial charge in [0.1, 0.15) is 12.0 Å². The Balaban J connectivity index is 1.83. The molecule has 6 heteroatoms. The Morgan fingerprint density at radius 1 is 1.16 bits per heavy atom. The highest BCUT2D eigenvalue weighted by Gasteiger charge is 2.30. The molecule has 1 fully saturated rings. The van der Waals surface area contributed by atoms with Crippen LogP contribution in [0.5, 0.6) is 0 Å². The quantitative estimate of drug-likeness (QED) is 0.909. The zero-order chi connectivity index (χ0) is 13.5. The van der Waals surface area contributed by atoms with Crippen molar-refractivity contribution >= 4 is 0 Å². The van der Waals surface area contributed by atoms with Gasteiger partial charge in [-0.2, -0.15) is 13.2 Å². The van der Waals surface area contributed by atoms with Crippen LogP contribution in [0.3, 0.4) is 0 Å². The molecule has 1 N–H and O–H groups in total. The van der Waals surface area contributed by atoms with E-state index in [9.17, 15) is 13.2 Å². The van der Waals surface area contributed by atoms with Gasteiger partial charge in [-0.15, -0.1) is 0 Å². The van der Waals surface area contributed by atoms with Gasteiger partial charge in [-0.1, -0.05) is 12.1 Å². The second-order valence-electron chi connectivity index (χ2n) is 4.50. The highest BCUT2D eigenvalue weighted by atomic mass is 19.4. The number of nitrogens with one attached hydrogen (secondary N) is 1. The Kier molecular flexibility index (Phi) is 2.82. The van der Waals surface area contributed by atoms with Gasteiger partial charge >= 0.3 is 6.18 Å². The van der Waals surface area contributed by atoms with E-state index in [0.29, 0.717) is 17.1 Å². The predicted octanol–water partition coefficient (Wildman–Crippen LogP) is 3.05. The zero-order valence-corrected chi connectivity index (χ0v) is 9.87. The standard InChI is InChI=1S/C13H11F3N2O/c14-13(15,16)10-3-1-8(2-4-10)11-7-19-12(18-11)9-5-17-6-9/h1-4,7,9,17H,5-6H2. The normalized spacial score (nSPS) is 16.4. The summed E-state index contributed by atoms with van der Waals surface area (Å²) in [5.41, 5.74) is 0.522. The first-order valence-electron chi connectivity index (χ1n) is 5.88. The Morgan fingerprint density at radius 2 is 1.84 bits per heavy atom. The number of rotatable bonds is 2. The van der Waals surface area contributed by atoms with Crippen molar-refractivity contribution in [3.63, 3.8) is 0 Å². The maximum absolute atomic E-state index is 12.4. The highest BCUT2D eigenvalue weighted by Crippen LogP contribution is 2.31. The summed E-state index contributed by atoms with van der Waals surface area (Å²) >= 11 is 0. The van der Waals surface area contributed by atoms with Gasteiger partial charge in [-0.25, -0.2) is 4.98 Å². The van der Waals surface area contributed by atoms with Gasteiger partial charge in [-0.3, -0.25) is 0 Å². The molecule has 1 saturated heterocycles. The first kappa shape index (κ1) is 12.2. The Bertz CT molecular complexity index is 570. The van der Waals surface area contributed by atoms with Crippen LogP contribution in [0.25, 0.3) is 11.3 Å². The summed E-state index contributed by atoms with van der Waals surface area (Å²) < 4.78 is 42.7. The number of hydrogen-bond acceptors (Lipinski definition) is 3. The lowest BCUT2D eigenvalue weighted by Gasteiger charge is -2.23. The first-order chi connectivity index (χ1) is 9.04. The number of nitrogens with zero attached hydrogens (tertiary/aromatic N) is 1. The lowest BCUT2D eigenvalue weighted by atomic mass is 10.0. The van der Waals surface area contributed by atoms with Gasteiger partial charge < -0.3 is 9.73 Å². The van der Waals surface area contributed by atoms with E-state index in [2.05, 4.69) is 10.3 Å². The minimum atomic E-state index is -4.31. The minimum absolute atomic E-state index is 0.267. The molecule has 0 aliphatic carbocycles. The summed E-state index contributed by atoms with van der Waals surface area (Å²) in [5.74, 6) is 0.900. The predicted molar refractivity (Wildman–Crippen MR) is 62.6 cm³/mol. The fraction of sp³-hybridized carbons (Fsp3) is 0.308. The van der Waals surface area contributed by atoms with Gasteiger partial charge in [0.05, 0.1) is 11.5 Å². The number of aromatic nitrogens is 1. The summed E-state index contributed by atoms with van der Waals surface area (Å²) in [4.78, 5) is 4.31. The van der Waals surface area contributed by atoms with Crippen LogP contribution in [0.1, 0.15) is 17.4 Å². The molecule has 1 aliphatic heterocycles. The van der Waals surface area contributed by atoms with E-state index in [4.69, 9.17) is 4.42 Å². The zero-order valence-electron chi connectivity index (χ0n) is 9.87. The van der Waals surface area contributed by atoms with Crippen molar-refractivity contribution in [1.29, 1.82) is 0 Å². The molecule has 3 rings (SSSR count). The topological polar surface area (TPSA) is 38.1 Å². The fourth-order valence-corrected chi connectivity index (χ4v) is 1.90. The van der Waals surface area contributed by atoms with Crippen LogP contribution < -0.4 is 5.32 Å². The van der Waals surface area contributed by atoms with Crippen molar-refractivity contribution in [3.05, 3.63) is 42.0 Å². The summed E-state index contributed by atoms with van der Waals surface area (Å²) in [6, 6.07) is 4.91. The van der Waals surface area contributed by atoms with Crippen LogP contribution in [0.4, 0.5) is 13.2 Å². The number of benzene rings is 1. The van der Waals surface area contributed by atoms with Crippen LogP contribution >= 0.6 is 0 Å². The molecule has 1 aromatic carbocycles. The van der Waals surface area contributed by atoms with E-state index in [0.717, 1.165) is 25.2 Å². The van der Waals surface area contributed by atoms with Crippen LogP contribution in [0.2, 0.25) is 0 Å². The van der Waals surface area contributed by atoms with Gasteiger partial charge in [0, 0.05) is 18.7 Å². The average molecular weight is 268 g/mol. The van der Waals surface area contributed by atoms with Gasteiger partial charge in [-0.05, 0) is 12.1 Å². The molecule has 1 aromatic heterocycles. The minimum Gasteiger partial charge on any atom is -0.448 e. The molecule has 0 spiro atoms. The summed E-state index contributed by atoms with van der Waals surface area (Å²) in [6.45, 7) is 1.65. The van der Waals surface area contributed by atoms with Crippen molar-refractivity contribution in [1.82, 2.24) is 10.3 Å². The SMILES string of the molecule is FC(F)(F)c1ccc(-c2coc(C3CNC3)n2)cc1. The molecule has 100 valence electrons. The van der Waals surface area contributed by atoms with Crippen molar-refractivity contribution in [2.45, 2.75) is 12.1 Å². The second kappa shape index (κ2) is 4.38. The molecule has 0 bridgehead atoms. The largest absolute Gasteiger partial charge is 0.448 e. The van der Waals surface area contributed by atoms with Crippen LogP contribution in [-0.4, -0.2) is 18.1 Å². The first-order valence-corrected chi connectivity index (χ1v) is 5.88. The number of hydrogen-bond donors (Lipinski definition) is 1. The molecule has 0 unspecified atom stereocenters. The van der Waals surface area contributed by atoms with Gasteiger partial charge in [0.2, 0.25) is 0 Å². The molecule has 2 heterocycles. The Morgan fingerprint density at radius 3 is 2.37 bits per heavy atom. The monoisotopic (exact) mass is 268 g/mol. The molecule has 0 amide bonds. The smallest absolute Gasteiger partial charge is 0.416 e. The third kappa shape index (κ3) is 2.35. The van der Waals surface area contributed by atoms with Gasteiger partial charge in [0.25, 0.3) is 0 Å². The van der Waals surface area contributed by atoms with Crippen molar-refractivity contribution < 1.29 is 17.6 Å². The average Bonchev–Trinajstić information content (AvgIpc) is 2.75. The van der Waals surface area contributed by atoms with Crippen LogP contribution in [0.15, 0.2) is 34.9 Å². The second-order valence-corrected chi connectivity index (χ2v) is 4.50. The van der Waals surface area contributed by atoms with E-state index in [1.807, 2.05) is 0 Å². The molecule has 19 heavy (non-hydrogen) atoms. The molecule has 0 atom stereocenters. The maximum Gasteiger partial charge on any atom is 0.416 e. The maximum atomic E-state index is 12.4. The van der Waals surface area contributed by atoms with Crippen molar-refractivity contribution in [3.8, 4) is 11.3 Å². The Labute approximate surface area is 107 Å². The lowest BCUT2D eigenvalue weighted by Crippen LogP contribution is -2.40. The third-order valence-corrected chi connectivity index (χ3v) is 3.16. The number of halogens is 3. The fourth-order valence-electron chi connectivity index (χ4n) is 1.90. The van der Waals surface area contributed by atoms with E-state index in [1.54, 1.807) is 0 Å². The van der Waals surface area contributed by atoms with E-state index < -0.39 is 11.7 Å². The molecule has 3 nitrogen and oxygen atoms in total. The molecule has 1 aliphatic rings. The summed E-state index contributed by atoms with van der Waals surface area (Å²) in [7, 11) is 0. The molecular weight excluding hydrogens is 257 g/mol.